The standard InChI is InChI=1S/C16H14ClF3N4O/c1-25-12-4-2-11(3-5-12)9-23(10-16(18,19)20)13-8-14(17)22-24-7-6-21-15(13)24/h2-8H,9-10H2,1H3. The summed E-state index contributed by atoms with van der Waals surface area (Å²) in [5.74, 6) is 0.633. The van der Waals surface area contributed by atoms with Gasteiger partial charge in [0.15, 0.2) is 10.8 Å². The highest BCUT2D eigenvalue weighted by molar-refractivity contribution is 6.29. The first-order valence-electron chi connectivity index (χ1n) is 7.30. The lowest BCUT2D eigenvalue weighted by Crippen LogP contribution is -2.34. The van der Waals surface area contributed by atoms with Crippen LogP contribution in [0.3, 0.4) is 0 Å². The van der Waals surface area contributed by atoms with Gasteiger partial charge in [-0.2, -0.15) is 18.3 Å². The van der Waals surface area contributed by atoms with Crippen molar-refractivity contribution in [3.8, 4) is 5.75 Å². The van der Waals surface area contributed by atoms with Gasteiger partial charge in [0.1, 0.15) is 12.3 Å². The fourth-order valence-electron chi connectivity index (χ4n) is 2.50. The maximum Gasteiger partial charge on any atom is 0.405 e. The van der Waals surface area contributed by atoms with Crippen LogP contribution in [0.5, 0.6) is 5.75 Å². The number of hydrogen-bond acceptors (Lipinski definition) is 4. The van der Waals surface area contributed by atoms with E-state index in [9.17, 15) is 13.2 Å². The second-order valence-electron chi connectivity index (χ2n) is 5.37. The van der Waals surface area contributed by atoms with Crippen LogP contribution in [0.4, 0.5) is 18.9 Å². The van der Waals surface area contributed by atoms with E-state index in [0.29, 0.717) is 17.0 Å². The van der Waals surface area contributed by atoms with Gasteiger partial charge in [-0.15, -0.1) is 0 Å². The van der Waals surface area contributed by atoms with Crippen LogP contribution < -0.4 is 9.64 Å². The van der Waals surface area contributed by atoms with E-state index in [0.717, 1.165) is 0 Å². The molecule has 0 aliphatic carbocycles. The van der Waals surface area contributed by atoms with Gasteiger partial charge in [0.2, 0.25) is 0 Å². The van der Waals surface area contributed by atoms with Crippen LogP contribution in [0.1, 0.15) is 5.56 Å². The average molecular weight is 371 g/mol. The zero-order valence-corrected chi connectivity index (χ0v) is 13.9. The van der Waals surface area contributed by atoms with Crippen molar-refractivity contribution in [2.75, 3.05) is 18.6 Å². The van der Waals surface area contributed by atoms with Crippen LogP contribution in [0, 0.1) is 0 Å². The number of fused-ring (bicyclic) bond motifs is 1. The first-order chi connectivity index (χ1) is 11.9. The monoisotopic (exact) mass is 370 g/mol. The minimum Gasteiger partial charge on any atom is -0.497 e. The molecule has 1 aromatic carbocycles. The summed E-state index contributed by atoms with van der Waals surface area (Å²) in [7, 11) is 1.53. The molecule has 0 atom stereocenters. The predicted octanol–water partition coefficient (Wildman–Crippen LogP) is 3.96. The zero-order valence-electron chi connectivity index (χ0n) is 13.2. The summed E-state index contributed by atoms with van der Waals surface area (Å²) in [5, 5.41) is 4.09. The Labute approximate surface area is 146 Å². The molecule has 3 rings (SSSR count). The number of benzene rings is 1. The Morgan fingerprint density at radius 1 is 1.24 bits per heavy atom. The van der Waals surface area contributed by atoms with Gasteiger partial charge in [0.05, 0.1) is 12.8 Å². The third-order valence-corrected chi connectivity index (χ3v) is 3.74. The summed E-state index contributed by atoms with van der Waals surface area (Å²) < 4.78 is 45.7. The Morgan fingerprint density at radius 2 is 1.96 bits per heavy atom. The van der Waals surface area contributed by atoms with Crippen molar-refractivity contribution in [1.82, 2.24) is 14.6 Å². The molecule has 0 spiro atoms. The number of anilines is 1. The van der Waals surface area contributed by atoms with Gasteiger partial charge in [-0.05, 0) is 17.7 Å². The Bertz CT molecular complexity index is 864. The number of imidazole rings is 1. The number of ether oxygens (including phenoxy) is 1. The van der Waals surface area contributed by atoms with E-state index in [-0.39, 0.29) is 17.4 Å². The Balaban J connectivity index is 1.99. The number of rotatable bonds is 5. The number of nitrogens with zero attached hydrogens (tertiary/aromatic N) is 4. The Morgan fingerprint density at radius 3 is 2.60 bits per heavy atom. The molecule has 0 saturated carbocycles. The highest BCUT2D eigenvalue weighted by Gasteiger charge is 2.32. The van der Waals surface area contributed by atoms with Crippen molar-refractivity contribution in [2.24, 2.45) is 0 Å². The van der Waals surface area contributed by atoms with Crippen LogP contribution in [-0.4, -0.2) is 34.4 Å². The average Bonchev–Trinajstić information content (AvgIpc) is 3.01. The molecule has 0 aliphatic rings. The maximum atomic E-state index is 13.1. The molecule has 0 saturated heterocycles. The summed E-state index contributed by atoms with van der Waals surface area (Å²) in [6, 6.07) is 8.22. The van der Waals surface area contributed by atoms with Crippen LogP contribution in [0.25, 0.3) is 5.65 Å². The van der Waals surface area contributed by atoms with Crippen molar-refractivity contribution >= 4 is 22.9 Å². The molecule has 2 aromatic heterocycles. The molecule has 25 heavy (non-hydrogen) atoms. The van der Waals surface area contributed by atoms with Crippen LogP contribution in [0.2, 0.25) is 5.15 Å². The topological polar surface area (TPSA) is 42.7 Å². The molecule has 0 unspecified atom stereocenters. The van der Waals surface area contributed by atoms with Crippen LogP contribution in [0.15, 0.2) is 42.7 Å². The van der Waals surface area contributed by atoms with Crippen molar-refractivity contribution < 1.29 is 17.9 Å². The van der Waals surface area contributed by atoms with E-state index in [1.807, 2.05) is 0 Å². The normalized spacial score (nSPS) is 11.7. The van der Waals surface area contributed by atoms with E-state index in [1.54, 1.807) is 24.3 Å². The summed E-state index contributed by atoms with van der Waals surface area (Å²) >= 11 is 5.95. The molecule has 0 radical (unpaired) electrons. The lowest BCUT2D eigenvalue weighted by Gasteiger charge is -2.26. The van der Waals surface area contributed by atoms with Gasteiger partial charge in [-0.25, -0.2) is 9.50 Å². The molecule has 5 nitrogen and oxygen atoms in total. The number of methoxy groups -OCH3 is 1. The molecule has 0 aliphatic heterocycles. The van der Waals surface area contributed by atoms with E-state index >= 15 is 0 Å². The van der Waals surface area contributed by atoms with Crippen molar-refractivity contribution in [3.05, 3.63) is 53.4 Å². The molecule has 0 N–H and O–H groups in total. The molecule has 0 bridgehead atoms. The molecular formula is C16H14ClF3N4O. The van der Waals surface area contributed by atoms with E-state index in [1.165, 1.54) is 35.0 Å². The van der Waals surface area contributed by atoms with Gasteiger partial charge in [-0.1, -0.05) is 23.7 Å². The molecule has 3 aromatic rings. The largest absolute Gasteiger partial charge is 0.497 e. The molecule has 0 fully saturated rings. The van der Waals surface area contributed by atoms with Crippen molar-refractivity contribution in [3.63, 3.8) is 0 Å². The van der Waals surface area contributed by atoms with Gasteiger partial charge >= 0.3 is 6.18 Å². The SMILES string of the molecule is COc1ccc(CN(CC(F)(F)F)c2cc(Cl)nn3ccnc23)cc1. The number of alkyl halides is 3. The third kappa shape index (κ3) is 4.14. The zero-order chi connectivity index (χ0) is 18.0. The molecular weight excluding hydrogens is 357 g/mol. The first kappa shape index (κ1) is 17.3. The van der Waals surface area contributed by atoms with Gasteiger partial charge in [0, 0.05) is 25.0 Å². The highest BCUT2D eigenvalue weighted by atomic mass is 35.5. The van der Waals surface area contributed by atoms with Gasteiger partial charge in [0.25, 0.3) is 0 Å². The molecule has 0 amide bonds. The number of aromatic nitrogens is 3. The number of halogens is 4. The predicted molar refractivity (Wildman–Crippen MR) is 88.1 cm³/mol. The van der Waals surface area contributed by atoms with E-state index in [2.05, 4.69) is 10.1 Å². The minimum absolute atomic E-state index is 0.0341. The lowest BCUT2D eigenvalue weighted by atomic mass is 10.2. The second-order valence-corrected chi connectivity index (χ2v) is 5.75. The summed E-state index contributed by atoms with van der Waals surface area (Å²) in [6.07, 6.45) is -1.39. The second kappa shape index (κ2) is 6.79. The first-order valence-corrected chi connectivity index (χ1v) is 7.68. The quantitative estimate of drug-likeness (QED) is 0.682. The minimum atomic E-state index is -4.38. The van der Waals surface area contributed by atoms with Crippen molar-refractivity contribution in [1.29, 1.82) is 0 Å². The summed E-state index contributed by atoms with van der Waals surface area (Å²) in [4.78, 5) is 5.27. The van der Waals surface area contributed by atoms with E-state index in [4.69, 9.17) is 16.3 Å². The Hall–Kier alpha value is -2.48. The lowest BCUT2D eigenvalue weighted by molar-refractivity contribution is -0.119. The number of hydrogen-bond donors (Lipinski definition) is 0. The van der Waals surface area contributed by atoms with Crippen molar-refractivity contribution in [2.45, 2.75) is 12.7 Å². The van der Waals surface area contributed by atoms with E-state index < -0.39 is 12.7 Å². The molecule has 132 valence electrons. The van der Waals surface area contributed by atoms with Crippen LogP contribution >= 0.6 is 11.6 Å². The summed E-state index contributed by atoms with van der Waals surface area (Å²) in [5.41, 5.74) is 1.27. The van der Waals surface area contributed by atoms with Gasteiger partial charge in [-0.3, -0.25) is 0 Å². The molecule has 9 heteroatoms. The third-order valence-electron chi connectivity index (χ3n) is 3.55. The fourth-order valence-corrected chi connectivity index (χ4v) is 2.68. The molecule has 2 heterocycles. The Kier molecular flexibility index (Phi) is 4.71. The maximum absolute atomic E-state index is 13.1. The fraction of sp³-hybridized carbons (Fsp3) is 0.250. The van der Waals surface area contributed by atoms with Crippen LogP contribution in [-0.2, 0) is 6.54 Å². The summed E-state index contributed by atoms with van der Waals surface area (Å²) in [6.45, 7) is -1.10. The smallest absolute Gasteiger partial charge is 0.405 e. The van der Waals surface area contributed by atoms with Gasteiger partial charge < -0.3 is 9.64 Å². The highest BCUT2D eigenvalue weighted by Crippen LogP contribution is 2.28.